The molecule has 0 aliphatic carbocycles. The van der Waals surface area contributed by atoms with Crippen LogP contribution in [0.25, 0.3) is 34.2 Å². The molecule has 0 unspecified atom stereocenters. The monoisotopic (exact) mass is 474 g/mol. The van der Waals surface area contributed by atoms with E-state index in [2.05, 4.69) is 33.8 Å². The summed E-state index contributed by atoms with van der Waals surface area (Å²) in [7, 11) is 1.67. The minimum atomic E-state index is -4.35. The van der Waals surface area contributed by atoms with E-state index in [0.29, 0.717) is 18.0 Å². The molecule has 0 fully saturated rings. The third kappa shape index (κ3) is 4.84. The molecule has 0 N–H and O–H groups in total. The van der Waals surface area contributed by atoms with Gasteiger partial charge in [0.05, 0.1) is 24.9 Å². The van der Waals surface area contributed by atoms with Crippen LogP contribution in [-0.2, 0) is 12.7 Å². The van der Waals surface area contributed by atoms with Gasteiger partial charge in [0.1, 0.15) is 12.0 Å². The molecule has 0 bridgehead atoms. The lowest BCUT2D eigenvalue weighted by molar-refractivity contribution is -0.137. The van der Waals surface area contributed by atoms with Gasteiger partial charge < -0.3 is 13.7 Å². The summed E-state index contributed by atoms with van der Waals surface area (Å²) in [6.45, 7) is 0.523. The van der Waals surface area contributed by atoms with E-state index in [4.69, 9.17) is 9.15 Å². The van der Waals surface area contributed by atoms with Crippen LogP contribution in [0.2, 0.25) is 0 Å². The second kappa shape index (κ2) is 9.18. The molecule has 0 aliphatic heterocycles. The van der Waals surface area contributed by atoms with Gasteiger partial charge in [0.2, 0.25) is 5.89 Å². The standard InChI is InChI=1S/C28H21F3N2O2/c1-34-26-5-3-2-4-24(26)20-9-12-25-21(16-20)14-15-33(25)17-23-18-35-27(32-23)13-8-19-6-10-22(11-7-19)28(29,30)31/h2-16,18H,17H2,1H3. The average molecular weight is 474 g/mol. The zero-order valence-electron chi connectivity index (χ0n) is 18.8. The molecule has 0 aliphatic rings. The van der Waals surface area contributed by atoms with E-state index in [1.807, 2.05) is 30.5 Å². The fraction of sp³-hybridized carbons (Fsp3) is 0.107. The Kier molecular flexibility index (Phi) is 5.91. The van der Waals surface area contributed by atoms with Gasteiger partial charge >= 0.3 is 6.18 Å². The van der Waals surface area contributed by atoms with Crippen molar-refractivity contribution in [2.75, 3.05) is 7.11 Å². The van der Waals surface area contributed by atoms with Crippen molar-refractivity contribution in [2.45, 2.75) is 12.7 Å². The van der Waals surface area contributed by atoms with E-state index in [9.17, 15) is 13.2 Å². The summed E-state index contributed by atoms with van der Waals surface area (Å²) in [5.41, 5.74) is 3.86. The van der Waals surface area contributed by atoms with E-state index >= 15 is 0 Å². The molecule has 4 nitrogen and oxygen atoms in total. The molecule has 2 heterocycles. The molecule has 7 heteroatoms. The van der Waals surface area contributed by atoms with Crippen LogP contribution in [-0.4, -0.2) is 16.7 Å². The van der Waals surface area contributed by atoms with Crippen molar-refractivity contribution in [1.82, 2.24) is 9.55 Å². The molecular weight excluding hydrogens is 453 g/mol. The highest BCUT2D eigenvalue weighted by Gasteiger charge is 2.29. The summed E-state index contributed by atoms with van der Waals surface area (Å²) in [4.78, 5) is 4.48. The Bertz CT molecular complexity index is 1490. The van der Waals surface area contributed by atoms with E-state index in [1.54, 1.807) is 25.5 Å². The first-order valence-corrected chi connectivity index (χ1v) is 10.9. The first kappa shape index (κ1) is 22.5. The van der Waals surface area contributed by atoms with Gasteiger partial charge in [-0.1, -0.05) is 36.4 Å². The average Bonchev–Trinajstić information content (AvgIpc) is 3.49. The number of methoxy groups -OCH3 is 1. The van der Waals surface area contributed by atoms with Crippen LogP contribution in [0.4, 0.5) is 13.2 Å². The summed E-state index contributed by atoms with van der Waals surface area (Å²) in [6.07, 6.45) is 2.54. The van der Waals surface area contributed by atoms with E-state index < -0.39 is 11.7 Å². The first-order valence-electron chi connectivity index (χ1n) is 10.9. The molecule has 0 saturated carbocycles. The van der Waals surface area contributed by atoms with Gasteiger partial charge in [-0.3, -0.25) is 0 Å². The molecule has 0 spiro atoms. The number of hydrogen-bond donors (Lipinski definition) is 0. The maximum atomic E-state index is 12.7. The number of fused-ring (bicyclic) bond motifs is 1. The molecule has 0 amide bonds. The topological polar surface area (TPSA) is 40.2 Å². The number of ether oxygens (including phenoxy) is 1. The van der Waals surface area contributed by atoms with Gasteiger partial charge in [-0.25, -0.2) is 4.98 Å². The first-order chi connectivity index (χ1) is 16.9. The number of alkyl halides is 3. The molecule has 0 saturated heterocycles. The number of hydrogen-bond acceptors (Lipinski definition) is 3. The van der Waals surface area contributed by atoms with Crippen LogP contribution in [0.1, 0.15) is 22.7 Å². The quantitative estimate of drug-likeness (QED) is 0.255. The predicted octanol–water partition coefficient (Wildman–Crippen LogP) is 7.54. The fourth-order valence-electron chi connectivity index (χ4n) is 3.99. The minimum absolute atomic E-state index is 0.384. The van der Waals surface area contributed by atoms with Gasteiger partial charge in [-0.2, -0.15) is 13.2 Å². The molecule has 35 heavy (non-hydrogen) atoms. The summed E-state index contributed by atoms with van der Waals surface area (Å²) < 4.78 is 51.2. The van der Waals surface area contributed by atoms with Crippen molar-refractivity contribution >= 4 is 23.1 Å². The van der Waals surface area contributed by atoms with Crippen molar-refractivity contribution in [3.63, 3.8) is 0 Å². The molecule has 5 aromatic rings. The molecule has 3 aromatic carbocycles. The lowest BCUT2D eigenvalue weighted by Crippen LogP contribution is -2.03. The molecule has 0 radical (unpaired) electrons. The van der Waals surface area contributed by atoms with Gasteiger partial charge in [0.25, 0.3) is 0 Å². The Morgan fingerprint density at radius 2 is 1.77 bits per heavy atom. The van der Waals surface area contributed by atoms with Crippen LogP contribution >= 0.6 is 0 Å². The Balaban J connectivity index is 1.31. The van der Waals surface area contributed by atoms with E-state index in [-0.39, 0.29) is 0 Å². The van der Waals surface area contributed by atoms with Crippen molar-refractivity contribution in [2.24, 2.45) is 0 Å². The minimum Gasteiger partial charge on any atom is -0.496 e. The van der Waals surface area contributed by atoms with Crippen molar-refractivity contribution < 1.29 is 22.3 Å². The van der Waals surface area contributed by atoms with Crippen LogP contribution in [0.15, 0.2) is 89.7 Å². The predicted molar refractivity (Wildman–Crippen MR) is 130 cm³/mol. The number of aromatic nitrogens is 2. The van der Waals surface area contributed by atoms with Gasteiger partial charge in [-0.05, 0) is 53.6 Å². The molecule has 5 rings (SSSR count). The summed E-state index contributed by atoms with van der Waals surface area (Å²) in [5, 5.41) is 1.10. The summed E-state index contributed by atoms with van der Waals surface area (Å²) in [5.74, 6) is 1.21. The van der Waals surface area contributed by atoms with Crippen molar-refractivity contribution in [3.8, 4) is 16.9 Å². The second-order valence-corrected chi connectivity index (χ2v) is 8.05. The molecule has 2 aromatic heterocycles. The zero-order valence-corrected chi connectivity index (χ0v) is 18.8. The number of para-hydroxylation sites is 1. The highest BCUT2D eigenvalue weighted by Crippen LogP contribution is 2.32. The zero-order chi connectivity index (χ0) is 24.4. The van der Waals surface area contributed by atoms with E-state index in [1.165, 1.54) is 12.1 Å². The van der Waals surface area contributed by atoms with Crippen LogP contribution < -0.4 is 4.74 Å². The van der Waals surface area contributed by atoms with E-state index in [0.717, 1.165) is 45.6 Å². The maximum absolute atomic E-state index is 12.7. The number of oxazole rings is 1. The largest absolute Gasteiger partial charge is 0.496 e. The van der Waals surface area contributed by atoms with Crippen molar-refractivity contribution in [1.29, 1.82) is 0 Å². The Morgan fingerprint density at radius 3 is 2.54 bits per heavy atom. The van der Waals surface area contributed by atoms with Crippen molar-refractivity contribution in [3.05, 3.63) is 108 Å². The molecule has 176 valence electrons. The fourth-order valence-corrected chi connectivity index (χ4v) is 3.99. The SMILES string of the molecule is COc1ccccc1-c1ccc2c(ccn2Cc2coc(C=Cc3ccc(C(F)(F)F)cc3)n2)c1. The smallest absolute Gasteiger partial charge is 0.416 e. The second-order valence-electron chi connectivity index (χ2n) is 8.05. The number of benzene rings is 3. The third-order valence-corrected chi connectivity index (χ3v) is 5.75. The number of nitrogens with zero attached hydrogens (tertiary/aromatic N) is 2. The van der Waals surface area contributed by atoms with Crippen LogP contribution in [0, 0.1) is 0 Å². The van der Waals surface area contributed by atoms with Gasteiger partial charge in [-0.15, -0.1) is 0 Å². The Labute approximate surface area is 199 Å². The highest BCUT2D eigenvalue weighted by atomic mass is 19.4. The summed E-state index contributed by atoms with van der Waals surface area (Å²) in [6, 6.07) is 21.2. The number of rotatable bonds is 6. The van der Waals surface area contributed by atoms with Gasteiger partial charge in [0.15, 0.2) is 0 Å². The van der Waals surface area contributed by atoms with Crippen LogP contribution in [0.5, 0.6) is 5.75 Å². The number of halogens is 3. The normalized spacial score (nSPS) is 12.0. The molecular formula is C28H21F3N2O2. The van der Waals surface area contributed by atoms with Crippen LogP contribution in [0.3, 0.4) is 0 Å². The Hall–Kier alpha value is -4.26. The summed E-state index contributed by atoms with van der Waals surface area (Å²) >= 11 is 0. The van der Waals surface area contributed by atoms with Gasteiger partial charge in [0, 0.05) is 28.7 Å². The lowest BCUT2D eigenvalue weighted by Gasteiger charge is -2.09. The third-order valence-electron chi connectivity index (χ3n) is 5.75. The Morgan fingerprint density at radius 1 is 0.971 bits per heavy atom. The lowest BCUT2D eigenvalue weighted by atomic mass is 10.0. The maximum Gasteiger partial charge on any atom is 0.416 e. The highest BCUT2D eigenvalue weighted by molar-refractivity contribution is 5.87. The molecule has 0 atom stereocenters.